The van der Waals surface area contributed by atoms with Gasteiger partial charge in [0.1, 0.15) is 11.7 Å². The number of pyridine rings is 1. The van der Waals surface area contributed by atoms with E-state index in [0.717, 1.165) is 11.1 Å². The van der Waals surface area contributed by atoms with Crippen LogP contribution in [0, 0.1) is 0 Å². The van der Waals surface area contributed by atoms with Crippen molar-refractivity contribution in [2.75, 3.05) is 26.7 Å². The van der Waals surface area contributed by atoms with Gasteiger partial charge >= 0.3 is 12.2 Å². The molecular weight excluding hydrogens is 516 g/mol. The molecule has 40 heavy (non-hydrogen) atoms. The number of ether oxygens (including phenoxy) is 3. The summed E-state index contributed by atoms with van der Waals surface area (Å²) in [7, 11) is 1.36. The Morgan fingerprint density at radius 1 is 1.07 bits per heavy atom. The van der Waals surface area contributed by atoms with Crippen LogP contribution in [0.3, 0.4) is 0 Å². The highest BCUT2D eigenvalue weighted by atomic mass is 16.6. The van der Waals surface area contributed by atoms with E-state index in [2.05, 4.69) is 10.3 Å². The molecule has 2 aliphatic heterocycles. The lowest BCUT2D eigenvalue weighted by Crippen LogP contribution is -2.54. The SMILES string of the molecule is COC(=O)N1CCC(Oc2ccc(C(=O)NC[C@@H](O)[C@@H]3Cc4ccccc4CN3C(=O)OC(C)(C)C)cn2)CC1. The number of hydrogen-bond donors (Lipinski definition) is 2. The lowest BCUT2D eigenvalue weighted by Gasteiger charge is -2.40. The van der Waals surface area contributed by atoms with Crippen molar-refractivity contribution >= 4 is 18.1 Å². The van der Waals surface area contributed by atoms with E-state index in [4.69, 9.17) is 14.2 Å². The van der Waals surface area contributed by atoms with Gasteiger partial charge in [0, 0.05) is 51.3 Å². The molecule has 0 aliphatic carbocycles. The summed E-state index contributed by atoms with van der Waals surface area (Å²) in [6.07, 6.45) is 1.22. The number of aliphatic hydroxyl groups excluding tert-OH is 1. The largest absolute Gasteiger partial charge is 0.474 e. The maximum Gasteiger partial charge on any atom is 0.410 e. The fourth-order valence-corrected chi connectivity index (χ4v) is 4.89. The van der Waals surface area contributed by atoms with Gasteiger partial charge in [0.2, 0.25) is 5.88 Å². The van der Waals surface area contributed by atoms with E-state index in [9.17, 15) is 19.5 Å². The maximum atomic E-state index is 13.0. The van der Waals surface area contributed by atoms with Crippen LogP contribution in [0.4, 0.5) is 9.59 Å². The summed E-state index contributed by atoms with van der Waals surface area (Å²) < 4.78 is 16.3. The van der Waals surface area contributed by atoms with Crippen LogP contribution in [0.2, 0.25) is 0 Å². The highest BCUT2D eigenvalue weighted by molar-refractivity contribution is 5.93. The first-order valence-corrected chi connectivity index (χ1v) is 13.5. The molecule has 11 heteroatoms. The van der Waals surface area contributed by atoms with Crippen molar-refractivity contribution < 1.29 is 33.7 Å². The number of aromatic nitrogens is 1. The Bertz CT molecular complexity index is 1190. The molecule has 2 aromatic rings. The number of piperidine rings is 1. The van der Waals surface area contributed by atoms with Crippen molar-refractivity contribution in [2.45, 2.75) is 70.4 Å². The van der Waals surface area contributed by atoms with E-state index < -0.39 is 29.7 Å². The summed E-state index contributed by atoms with van der Waals surface area (Å²) in [5.41, 5.74) is 1.69. The van der Waals surface area contributed by atoms with Crippen molar-refractivity contribution in [3.63, 3.8) is 0 Å². The molecular formula is C29H38N4O7. The number of amides is 3. The monoisotopic (exact) mass is 554 g/mol. The van der Waals surface area contributed by atoms with Crippen molar-refractivity contribution in [3.05, 3.63) is 59.3 Å². The molecule has 0 bridgehead atoms. The minimum absolute atomic E-state index is 0.0536. The molecule has 1 aromatic carbocycles. The van der Waals surface area contributed by atoms with Gasteiger partial charge in [-0.05, 0) is 44.4 Å². The lowest BCUT2D eigenvalue weighted by molar-refractivity contribution is -0.0113. The Morgan fingerprint density at radius 2 is 1.77 bits per heavy atom. The summed E-state index contributed by atoms with van der Waals surface area (Å²) >= 11 is 0. The molecule has 216 valence electrons. The summed E-state index contributed by atoms with van der Waals surface area (Å²) in [4.78, 5) is 44.9. The lowest BCUT2D eigenvalue weighted by atomic mass is 9.91. The smallest absolute Gasteiger partial charge is 0.410 e. The number of benzene rings is 1. The third kappa shape index (κ3) is 7.41. The molecule has 1 fully saturated rings. The number of hydrogen-bond acceptors (Lipinski definition) is 8. The van der Waals surface area contributed by atoms with E-state index in [1.54, 1.807) is 37.8 Å². The van der Waals surface area contributed by atoms with E-state index in [-0.39, 0.29) is 18.7 Å². The van der Waals surface area contributed by atoms with Gasteiger partial charge < -0.3 is 29.5 Å². The number of carbonyl (C=O) groups excluding carboxylic acids is 3. The first kappa shape index (κ1) is 29.1. The highest BCUT2D eigenvalue weighted by Crippen LogP contribution is 2.27. The first-order chi connectivity index (χ1) is 19.0. The Balaban J connectivity index is 1.32. The van der Waals surface area contributed by atoms with Crippen LogP contribution in [0.1, 0.15) is 55.1 Å². The average molecular weight is 555 g/mol. The van der Waals surface area contributed by atoms with Crippen LogP contribution in [-0.2, 0) is 22.4 Å². The zero-order chi connectivity index (χ0) is 28.9. The molecule has 4 rings (SSSR count). The molecule has 0 unspecified atom stereocenters. The normalized spacial score (nSPS) is 18.4. The number of nitrogens with one attached hydrogen (secondary N) is 1. The van der Waals surface area contributed by atoms with E-state index >= 15 is 0 Å². The molecule has 1 aromatic heterocycles. The fourth-order valence-electron chi connectivity index (χ4n) is 4.89. The molecule has 0 radical (unpaired) electrons. The second-order valence-corrected chi connectivity index (χ2v) is 11.1. The van der Waals surface area contributed by atoms with Crippen molar-refractivity contribution in [3.8, 4) is 5.88 Å². The van der Waals surface area contributed by atoms with Crippen molar-refractivity contribution in [1.82, 2.24) is 20.1 Å². The standard InChI is InChI=1S/C29H38N4O7/c1-29(2,3)40-28(37)33-18-21-8-6-5-7-19(21)15-23(33)24(34)17-31-26(35)20-9-10-25(30-16-20)39-22-11-13-32(14-12-22)27(36)38-4/h5-10,16,22-24,34H,11-15,17-18H2,1-4H3,(H,31,35)/t23-,24+/m0/s1. The molecule has 2 aliphatic rings. The summed E-state index contributed by atoms with van der Waals surface area (Å²) in [6.45, 7) is 6.73. The van der Waals surface area contributed by atoms with Crippen molar-refractivity contribution in [1.29, 1.82) is 0 Å². The van der Waals surface area contributed by atoms with E-state index in [0.29, 0.717) is 50.3 Å². The Hall–Kier alpha value is -3.86. The Labute approximate surface area is 234 Å². The Kier molecular flexibility index (Phi) is 9.14. The molecule has 11 nitrogen and oxygen atoms in total. The minimum Gasteiger partial charge on any atom is -0.474 e. The molecule has 3 amide bonds. The summed E-state index contributed by atoms with van der Waals surface area (Å²) in [6, 6.07) is 10.5. The third-order valence-electron chi connectivity index (χ3n) is 6.99. The van der Waals surface area contributed by atoms with Crippen LogP contribution < -0.4 is 10.1 Å². The van der Waals surface area contributed by atoms with Crippen molar-refractivity contribution in [2.24, 2.45) is 0 Å². The number of carbonyl (C=O) groups is 3. The second kappa shape index (κ2) is 12.5. The summed E-state index contributed by atoms with van der Waals surface area (Å²) in [5, 5.41) is 13.8. The number of rotatable bonds is 6. The Morgan fingerprint density at radius 3 is 2.40 bits per heavy atom. The molecule has 3 heterocycles. The van der Waals surface area contributed by atoms with Crippen LogP contribution in [0.25, 0.3) is 0 Å². The zero-order valence-corrected chi connectivity index (χ0v) is 23.5. The molecule has 2 N–H and O–H groups in total. The van der Waals surface area contributed by atoms with Crippen LogP contribution in [-0.4, -0.2) is 88.6 Å². The van der Waals surface area contributed by atoms with Crippen LogP contribution >= 0.6 is 0 Å². The van der Waals surface area contributed by atoms with Gasteiger partial charge in [0.15, 0.2) is 0 Å². The predicted molar refractivity (Wildman–Crippen MR) is 146 cm³/mol. The second-order valence-electron chi connectivity index (χ2n) is 11.1. The van der Waals surface area contributed by atoms with Gasteiger partial charge in [-0.15, -0.1) is 0 Å². The number of likely N-dealkylation sites (tertiary alicyclic amines) is 1. The molecule has 1 saturated heterocycles. The molecule has 2 atom stereocenters. The quantitative estimate of drug-likeness (QED) is 0.557. The number of nitrogens with zero attached hydrogens (tertiary/aromatic N) is 3. The number of aliphatic hydroxyl groups is 1. The van der Waals surface area contributed by atoms with E-state index in [1.807, 2.05) is 24.3 Å². The number of fused-ring (bicyclic) bond motifs is 1. The number of methoxy groups -OCH3 is 1. The van der Waals surface area contributed by atoms with Gasteiger partial charge in [0.25, 0.3) is 5.91 Å². The summed E-state index contributed by atoms with van der Waals surface area (Å²) in [5.74, 6) is -0.00788. The highest BCUT2D eigenvalue weighted by Gasteiger charge is 2.37. The molecule has 0 spiro atoms. The van der Waals surface area contributed by atoms with E-state index in [1.165, 1.54) is 18.2 Å². The van der Waals surface area contributed by atoms with Gasteiger partial charge in [-0.25, -0.2) is 14.6 Å². The predicted octanol–water partition coefficient (Wildman–Crippen LogP) is 3.14. The van der Waals surface area contributed by atoms with Gasteiger partial charge in [-0.3, -0.25) is 9.69 Å². The average Bonchev–Trinajstić information content (AvgIpc) is 2.94. The molecule has 0 saturated carbocycles. The topological polar surface area (TPSA) is 131 Å². The van der Waals surface area contributed by atoms with Gasteiger partial charge in [-0.2, -0.15) is 0 Å². The zero-order valence-electron chi connectivity index (χ0n) is 23.5. The van der Waals surface area contributed by atoms with Crippen LogP contribution in [0.5, 0.6) is 5.88 Å². The third-order valence-corrected chi connectivity index (χ3v) is 6.99. The maximum absolute atomic E-state index is 13.0. The first-order valence-electron chi connectivity index (χ1n) is 13.5. The van der Waals surface area contributed by atoms with Gasteiger partial charge in [0.05, 0.1) is 24.8 Å². The fraction of sp³-hybridized carbons (Fsp3) is 0.517. The van der Waals surface area contributed by atoms with Gasteiger partial charge in [-0.1, -0.05) is 24.3 Å². The minimum atomic E-state index is -1.02. The van der Waals surface area contributed by atoms with Crippen LogP contribution in [0.15, 0.2) is 42.6 Å².